The minimum absolute atomic E-state index is 0.0773. The highest BCUT2D eigenvalue weighted by atomic mass is 16.7. The van der Waals surface area contributed by atoms with Gasteiger partial charge in [-0.05, 0) is 86.2 Å². The summed E-state index contributed by atoms with van der Waals surface area (Å²) in [7, 11) is 5.40. The van der Waals surface area contributed by atoms with E-state index >= 15 is 0 Å². The molecule has 3 aliphatic rings. The summed E-state index contributed by atoms with van der Waals surface area (Å²) in [6, 6.07) is -0.206. The third-order valence-electron chi connectivity index (χ3n) is 11.8. The molecule has 5 N–H and O–H groups in total. The molecule has 290 valence electrons. The summed E-state index contributed by atoms with van der Waals surface area (Å²) in [5, 5.41) is 57.9. The minimum Gasteiger partial charge on any atom is -0.390 e. The van der Waals surface area contributed by atoms with E-state index in [1.165, 1.54) is 0 Å². The number of ether oxygens (including phenoxy) is 6. The van der Waals surface area contributed by atoms with Crippen molar-refractivity contribution in [1.29, 1.82) is 0 Å². The Balaban J connectivity index is 2.10. The van der Waals surface area contributed by atoms with E-state index in [-0.39, 0.29) is 42.9 Å². The molecule has 0 aliphatic carbocycles. The first-order valence-corrected chi connectivity index (χ1v) is 18.5. The molecule has 0 unspecified atom stereocenters. The molecule has 0 bridgehead atoms. The normalized spacial score (nSPS) is 51.4. The van der Waals surface area contributed by atoms with Gasteiger partial charge in [-0.15, -0.1) is 0 Å². The molecule has 0 aromatic heterocycles. The van der Waals surface area contributed by atoms with E-state index in [1.54, 1.807) is 27.9 Å². The zero-order valence-electron chi connectivity index (χ0n) is 32.5. The Labute approximate surface area is 295 Å². The van der Waals surface area contributed by atoms with Crippen molar-refractivity contribution in [3.8, 4) is 0 Å². The fourth-order valence-electron chi connectivity index (χ4n) is 8.85. The monoisotopic (exact) mass is 706 g/mol. The van der Waals surface area contributed by atoms with E-state index in [9.17, 15) is 25.5 Å². The van der Waals surface area contributed by atoms with E-state index in [0.717, 1.165) is 0 Å². The number of aliphatic hydroxyl groups excluding tert-OH is 3. The number of methoxy groups -OCH3 is 1. The van der Waals surface area contributed by atoms with Crippen LogP contribution in [0, 0.1) is 23.7 Å². The molecule has 3 heterocycles. The summed E-state index contributed by atoms with van der Waals surface area (Å²) in [6.07, 6.45) is -5.34. The quantitative estimate of drug-likeness (QED) is 0.264. The number of hydrogen-bond donors (Lipinski definition) is 5. The highest BCUT2D eigenvalue weighted by Gasteiger charge is 2.51. The Hall–Kier alpha value is -0.480. The Morgan fingerprint density at radius 3 is 2.04 bits per heavy atom. The first-order chi connectivity index (χ1) is 22.6. The van der Waals surface area contributed by atoms with Crippen molar-refractivity contribution >= 4 is 0 Å². The Morgan fingerprint density at radius 1 is 0.837 bits per heavy atom. The van der Waals surface area contributed by atoms with Crippen molar-refractivity contribution in [1.82, 2.24) is 4.90 Å². The van der Waals surface area contributed by atoms with Gasteiger partial charge < -0.3 is 58.9 Å². The lowest BCUT2D eigenvalue weighted by Crippen LogP contribution is -2.60. The largest absolute Gasteiger partial charge is 0.390 e. The lowest BCUT2D eigenvalue weighted by molar-refractivity contribution is -0.319. The van der Waals surface area contributed by atoms with Gasteiger partial charge in [-0.3, -0.25) is 0 Å². The van der Waals surface area contributed by atoms with E-state index in [2.05, 4.69) is 0 Å². The van der Waals surface area contributed by atoms with E-state index in [1.807, 2.05) is 67.5 Å². The van der Waals surface area contributed by atoms with Crippen molar-refractivity contribution in [2.75, 3.05) is 27.8 Å². The molecule has 18 atom stereocenters. The summed E-state index contributed by atoms with van der Waals surface area (Å²) in [4.78, 5) is 1.97. The minimum atomic E-state index is -1.51. The van der Waals surface area contributed by atoms with E-state index in [4.69, 9.17) is 28.4 Å². The molecule has 3 saturated heterocycles. The summed E-state index contributed by atoms with van der Waals surface area (Å²) in [5.74, 6) is -1.17. The lowest BCUT2D eigenvalue weighted by Gasteiger charge is -2.49. The molecule has 0 amide bonds. The van der Waals surface area contributed by atoms with Gasteiger partial charge in [-0.2, -0.15) is 0 Å². The number of nitrogens with zero attached hydrogens (tertiary/aromatic N) is 1. The van der Waals surface area contributed by atoms with Gasteiger partial charge in [0.2, 0.25) is 0 Å². The van der Waals surface area contributed by atoms with Gasteiger partial charge in [-0.25, -0.2) is 0 Å². The van der Waals surface area contributed by atoms with Gasteiger partial charge in [0.1, 0.15) is 17.8 Å². The molecule has 3 fully saturated rings. The highest BCUT2D eigenvalue weighted by Crippen LogP contribution is 2.41. The molecule has 0 aromatic carbocycles. The second-order valence-corrected chi connectivity index (χ2v) is 16.8. The van der Waals surface area contributed by atoms with Crippen LogP contribution in [-0.2, 0) is 28.4 Å². The van der Waals surface area contributed by atoms with Crippen LogP contribution in [0.2, 0.25) is 0 Å². The van der Waals surface area contributed by atoms with Crippen LogP contribution in [0.1, 0.15) is 101 Å². The standard InChI is InChI=1S/C37H71NO11/c1-14-27-37(10,43)31(40)21(3)15-20(2)17-35(8,42)33(49-34-29(39)26(38(11)12)16-23(5)46-34)24(6)30(22(4)19-45-27)48-28-18-36(9,44-13)32(41)25(7)47-28/h20-34,39-43H,14-19H2,1-13H3/t20-,21-,22-,23+,24+,25-,26-,27+,28-,29+,30+,31-,32-,33+,34-,35+,36+,37+/m0/s1. The average Bonchev–Trinajstić information content (AvgIpc) is 3.00. The molecule has 49 heavy (non-hydrogen) atoms. The zero-order chi connectivity index (χ0) is 37.2. The van der Waals surface area contributed by atoms with Gasteiger partial charge in [0.15, 0.2) is 12.6 Å². The zero-order valence-corrected chi connectivity index (χ0v) is 32.5. The maximum atomic E-state index is 12.4. The summed E-state index contributed by atoms with van der Waals surface area (Å²) in [6.45, 7) is 18.9. The smallest absolute Gasteiger partial charge is 0.185 e. The molecule has 0 saturated carbocycles. The van der Waals surface area contributed by atoms with Crippen molar-refractivity contribution in [3.63, 3.8) is 0 Å². The first kappa shape index (κ1) is 42.9. The van der Waals surface area contributed by atoms with Gasteiger partial charge >= 0.3 is 0 Å². The highest BCUT2D eigenvalue weighted by molar-refractivity contribution is 4.98. The van der Waals surface area contributed by atoms with Gasteiger partial charge in [-0.1, -0.05) is 34.6 Å². The molecule has 12 nitrogen and oxygen atoms in total. The number of hydrogen-bond acceptors (Lipinski definition) is 12. The summed E-state index contributed by atoms with van der Waals surface area (Å²) in [5.41, 5.74) is -3.86. The van der Waals surface area contributed by atoms with Crippen molar-refractivity contribution < 1.29 is 54.0 Å². The van der Waals surface area contributed by atoms with Gasteiger partial charge in [0.25, 0.3) is 0 Å². The second-order valence-electron chi connectivity index (χ2n) is 16.8. The summed E-state index contributed by atoms with van der Waals surface area (Å²) >= 11 is 0. The van der Waals surface area contributed by atoms with Crippen molar-refractivity contribution in [2.45, 2.75) is 186 Å². The number of likely N-dealkylation sites (N-methyl/N-ethyl adjacent to an activating group) is 1. The molecular weight excluding hydrogens is 634 g/mol. The third kappa shape index (κ3) is 9.94. The van der Waals surface area contributed by atoms with Crippen LogP contribution < -0.4 is 0 Å². The predicted molar refractivity (Wildman–Crippen MR) is 186 cm³/mol. The Morgan fingerprint density at radius 2 is 1.47 bits per heavy atom. The molecule has 12 heteroatoms. The Kier molecular flexibility index (Phi) is 15.0. The maximum absolute atomic E-state index is 12.4. The van der Waals surface area contributed by atoms with Crippen LogP contribution >= 0.6 is 0 Å². The van der Waals surface area contributed by atoms with Crippen LogP contribution in [0.15, 0.2) is 0 Å². The second kappa shape index (κ2) is 17.1. The molecule has 0 aromatic rings. The maximum Gasteiger partial charge on any atom is 0.185 e. The van der Waals surface area contributed by atoms with Crippen LogP contribution in [0.4, 0.5) is 0 Å². The fourth-order valence-corrected chi connectivity index (χ4v) is 8.85. The van der Waals surface area contributed by atoms with Crippen LogP contribution in [0.25, 0.3) is 0 Å². The van der Waals surface area contributed by atoms with E-state index < -0.39 is 78.0 Å². The topological polar surface area (TPSA) is 160 Å². The summed E-state index contributed by atoms with van der Waals surface area (Å²) < 4.78 is 38.2. The molecule has 0 radical (unpaired) electrons. The fraction of sp³-hybridized carbons (Fsp3) is 1.00. The number of aliphatic hydroxyl groups is 5. The lowest BCUT2D eigenvalue weighted by atomic mass is 9.74. The average molecular weight is 706 g/mol. The Bertz CT molecular complexity index is 1010. The van der Waals surface area contributed by atoms with Crippen LogP contribution in [-0.4, -0.2) is 143 Å². The molecule has 0 spiro atoms. The predicted octanol–water partition coefficient (Wildman–Crippen LogP) is 3.08. The van der Waals surface area contributed by atoms with Gasteiger partial charge in [0.05, 0.1) is 54.4 Å². The van der Waals surface area contributed by atoms with Crippen molar-refractivity contribution in [2.24, 2.45) is 23.7 Å². The van der Waals surface area contributed by atoms with Crippen LogP contribution in [0.5, 0.6) is 0 Å². The third-order valence-corrected chi connectivity index (χ3v) is 11.8. The van der Waals surface area contributed by atoms with E-state index in [0.29, 0.717) is 25.7 Å². The molecule has 3 aliphatic heterocycles. The van der Waals surface area contributed by atoms with Crippen LogP contribution in [0.3, 0.4) is 0 Å². The molecular formula is C37H71NO11. The SMILES string of the molecule is CC[C@H]1OC[C@H](C)[C@@H](O[C@H]2C[C@@](C)(OC)[C@@H](O)[C@H](C)O2)[C@@H](C)[C@@H](O[C@@H]2O[C@H](C)C[C@H](N(C)C)[C@H]2O)[C@](C)(O)C[C@@H](C)C[C@H](C)[C@H](O)[C@]1(C)O. The molecule has 3 rings (SSSR count). The number of rotatable bonds is 7. The van der Waals surface area contributed by atoms with Gasteiger partial charge in [0, 0.05) is 31.4 Å². The first-order valence-electron chi connectivity index (χ1n) is 18.5. The van der Waals surface area contributed by atoms with Crippen molar-refractivity contribution in [3.05, 3.63) is 0 Å².